The minimum Gasteiger partial charge on any atom is -0.268 e. The zero-order chi connectivity index (χ0) is 8.97. The van der Waals surface area contributed by atoms with E-state index >= 15 is 0 Å². The average Bonchev–Trinajstić information content (AvgIpc) is 2.43. The van der Waals surface area contributed by atoms with E-state index in [4.69, 9.17) is 23.2 Å². The molecule has 0 N–H and O–H groups in total. The van der Waals surface area contributed by atoms with Gasteiger partial charge in [0.2, 0.25) is 0 Å². The molecule has 1 aromatic rings. The van der Waals surface area contributed by atoms with Gasteiger partial charge in [-0.25, -0.2) is 0 Å². The molecule has 4 heteroatoms. The maximum Gasteiger partial charge on any atom is 0.0817 e. The topological polar surface area (TPSA) is 17.8 Å². The van der Waals surface area contributed by atoms with E-state index in [9.17, 15) is 0 Å². The molecule has 68 valence electrons. The normalized spacial score (nSPS) is 10.6. The lowest BCUT2D eigenvalue weighted by atomic mass is 10.2. The summed E-state index contributed by atoms with van der Waals surface area (Å²) in [6.45, 7) is 2.91. The molecule has 0 aliphatic rings. The van der Waals surface area contributed by atoms with Crippen LogP contribution in [-0.2, 0) is 13.0 Å². The van der Waals surface area contributed by atoms with E-state index in [1.165, 1.54) is 0 Å². The second-order valence-electron chi connectivity index (χ2n) is 2.55. The number of nitrogens with zero attached hydrogens (tertiary/aromatic N) is 2. The van der Waals surface area contributed by atoms with Crippen LogP contribution in [0.1, 0.15) is 19.0 Å². The van der Waals surface area contributed by atoms with Crippen molar-refractivity contribution in [3.8, 4) is 0 Å². The molecule has 0 atom stereocenters. The molecule has 0 aliphatic carbocycles. The Labute approximate surface area is 82.5 Å². The fourth-order valence-electron chi connectivity index (χ4n) is 1.14. The lowest BCUT2D eigenvalue weighted by molar-refractivity contribution is 0.616. The molecule has 0 unspecified atom stereocenters. The summed E-state index contributed by atoms with van der Waals surface area (Å²) < 4.78 is 1.91. The number of alkyl halides is 1. The van der Waals surface area contributed by atoms with Crippen molar-refractivity contribution in [1.29, 1.82) is 0 Å². The molecule has 0 spiro atoms. The fraction of sp³-hybridized carbons (Fsp3) is 0.625. The second kappa shape index (κ2) is 4.73. The zero-order valence-corrected chi connectivity index (χ0v) is 8.57. The van der Waals surface area contributed by atoms with Gasteiger partial charge in [0.05, 0.1) is 16.9 Å². The number of hydrogen-bond acceptors (Lipinski definition) is 1. The van der Waals surface area contributed by atoms with Gasteiger partial charge in [0.1, 0.15) is 0 Å². The third-order valence-electron chi connectivity index (χ3n) is 1.74. The van der Waals surface area contributed by atoms with Gasteiger partial charge in [-0.2, -0.15) is 5.10 Å². The van der Waals surface area contributed by atoms with Crippen LogP contribution in [-0.4, -0.2) is 15.7 Å². The first-order valence-electron chi connectivity index (χ1n) is 4.05. The Morgan fingerprint density at radius 1 is 1.58 bits per heavy atom. The average molecular weight is 207 g/mol. The minimum atomic E-state index is 0.672. The van der Waals surface area contributed by atoms with Gasteiger partial charge in [0.15, 0.2) is 0 Å². The summed E-state index contributed by atoms with van der Waals surface area (Å²) in [5.74, 6) is 0.672. The molecule has 0 radical (unpaired) electrons. The lowest BCUT2D eigenvalue weighted by Gasteiger charge is -2.03. The van der Waals surface area contributed by atoms with Crippen LogP contribution in [0, 0.1) is 0 Å². The Morgan fingerprint density at radius 2 is 2.33 bits per heavy atom. The first-order chi connectivity index (χ1) is 5.79. The summed E-state index contributed by atoms with van der Waals surface area (Å²) in [6.07, 6.45) is 3.55. The number of hydrogen-bond donors (Lipinski definition) is 0. The molecule has 0 saturated heterocycles. The fourth-order valence-corrected chi connectivity index (χ4v) is 1.51. The Kier molecular flexibility index (Phi) is 3.89. The number of aromatic nitrogens is 2. The Bertz CT molecular complexity index is 245. The van der Waals surface area contributed by atoms with Gasteiger partial charge in [-0.15, -0.1) is 11.6 Å². The van der Waals surface area contributed by atoms with Crippen LogP contribution in [0.3, 0.4) is 0 Å². The first-order valence-corrected chi connectivity index (χ1v) is 4.97. The van der Waals surface area contributed by atoms with E-state index < -0.39 is 0 Å². The molecule has 0 fully saturated rings. The van der Waals surface area contributed by atoms with Crippen molar-refractivity contribution in [2.45, 2.75) is 26.3 Å². The number of rotatable bonds is 4. The van der Waals surface area contributed by atoms with Gasteiger partial charge >= 0.3 is 0 Å². The highest BCUT2D eigenvalue weighted by molar-refractivity contribution is 6.31. The van der Waals surface area contributed by atoms with Crippen LogP contribution < -0.4 is 0 Å². The van der Waals surface area contributed by atoms with Crippen LogP contribution >= 0.6 is 23.2 Å². The van der Waals surface area contributed by atoms with Crippen molar-refractivity contribution in [3.63, 3.8) is 0 Å². The highest BCUT2D eigenvalue weighted by atomic mass is 35.5. The second-order valence-corrected chi connectivity index (χ2v) is 3.33. The molecule has 0 bridgehead atoms. The van der Waals surface area contributed by atoms with Crippen molar-refractivity contribution in [1.82, 2.24) is 9.78 Å². The molecule has 0 amide bonds. The third-order valence-corrected chi connectivity index (χ3v) is 2.33. The van der Waals surface area contributed by atoms with Gasteiger partial charge in [-0.05, 0) is 19.8 Å². The van der Waals surface area contributed by atoms with Crippen molar-refractivity contribution >= 4 is 23.2 Å². The SMILES string of the molecule is CCn1ncc(Cl)c1CCCCl. The zero-order valence-electron chi connectivity index (χ0n) is 7.06. The standard InChI is InChI=1S/C8H12Cl2N2/c1-2-12-8(4-3-5-9)7(10)6-11-12/h6H,2-5H2,1H3. The largest absolute Gasteiger partial charge is 0.268 e. The summed E-state index contributed by atoms with van der Waals surface area (Å²) in [6, 6.07) is 0. The van der Waals surface area contributed by atoms with Crippen LogP contribution in [0.2, 0.25) is 5.02 Å². The first kappa shape index (κ1) is 9.87. The van der Waals surface area contributed by atoms with Gasteiger partial charge in [-0.1, -0.05) is 11.6 Å². The summed E-state index contributed by atoms with van der Waals surface area (Å²) in [7, 11) is 0. The van der Waals surface area contributed by atoms with E-state index in [2.05, 4.69) is 5.10 Å². The molecule has 12 heavy (non-hydrogen) atoms. The predicted octanol–water partition coefficient (Wildman–Crippen LogP) is 2.73. The third kappa shape index (κ3) is 2.14. The van der Waals surface area contributed by atoms with Crippen LogP contribution in [0.4, 0.5) is 0 Å². The molecule has 1 heterocycles. The van der Waals surface area contributed by atoms with Crippen molar-refractivity contribution < 1.29 is 0 Å². The van der Waals surface area contributed by atoms with Crippen molar-refractivity contribution in [2.75, 3.05) is 5.88 Å². The predicted molar refractivity (Wildman–Crippen MR) is 52.0 cm³/mol. The van der Waals surface area contributed by atoms with Crippen LogP contribution in [0.15, 0.2) is 6.20 Å². The maximum absolute atomic E-state index is 5.93. The molecule has 0 aliphatic heterocycles. The van der Waals surface area contributed by atoms with Gasteiger partial charge in [0, 0.05) is 12.4 Å². The van der Waals surface area contributed by atoms with Gasteiger partial charge in [-0.3, -0.25) is 4.68 Å². The Morgan fingerprint density at radius 3 is 2.92 bits per heavy atom. The van der Waals surface area contributed by atoms with E-state index in [-0.39, 0.29) is 0 Å². The molecule has 1 aromatic heterocycles. The van der Waals surface area contributed by atoms with Gasteiger partial charge < -0.3 is 0 Å². The van der Waals surface area contributed by atoms with Crippen molar-refractivity contribution in [2.24, 2.45) is 0 Å². The summed E-state index contributed by atoms with van der Waals surface area (Å²) >= 11 is 11.5. The molecular formula is C8H12Cl2N2. The minimum absolute atomic E-state index is 0.672. The molecule has 1 rings (SSSR count). The maximum atomic E-state index is 5.93. The molecule has 0 aromatic carbocycles. The van der Waals surface area contributed by atoms with Crippen LogP contribution in [0.5, 0.6) is 0 Å². The Hall–Kier alpha value is -0.210. The van der Waals surface area contributed by atoms with E-state index in [0.29, 0.717) is 5.88 Å². The quantitative estimate of drug-likeness (QED) is 0.694. The monoisotopic (exact) mass is 206 g/mol. The summed E-state index contributed by atoms with van der Waals surface area (Å²) in [5, 5.41) is 4.88. The summed E-state index contributed by atoms with van der Waals surface area (Å²) in [4.78, 5) is 0. The highest BCUT2D eigenvalue weighted by Crippen LogP contribution is 2.16. The van der Waals surface area contributed by atoms with E-state index in [1.807, 2.05) is 11.6 Å². The lowest BCUT2D eigenvalue weighted by Crippen LogP contribution is -2.02. The molecular weight excluding hydrogens is 195 g/mol. The molecule has 0 saturated carbocycles. The van der Waals surface area contributed by atoms with Gasteiger partial charge in [0.25, 0.3) is 0 Å². The summed E-state index contributed by atoms with van der Waals surface area (Å²) in [5.41, 5.74) is 1.10. The van der Waals surface area contributed by atoms with Crippen molar-refractivity contribution in [3.05, 3.63) is 16.9 Å². The van der Waals surface area contributed by atoms with E-state index in [1.54, 1.807) is 6.20 Å². The number of aryl methyl sites for hydroxylation is 1. The smallest absolute Gasteiger partial charge is 0.0817 e. The number of halogens is 2. The highest BCUT2D eigenvalue weighted by Gasteiger charge is 2.06. The van der Waals surface area contributed by atoms with E-state index in [0.717, 1.165) is 30.1 Å². The molecule has 2 nitrogen and oxygen atoms in total. The Balaban J connectivity index is 2.72. The van der Waals surface area contributed by atoms with Crippen LogP contribution in [0.25, 0.3) is 0 Å².